The molecule has 4 nitrogen and oxygen atoms in total. The van der Waals surface area contributed by atoms with Crippen LogP contribution in [0.4, 0.5) is 5.95 Å². The Morgan fingerprint density at radius 3 is 2.57 bits per heavy atom. The van der Waals surface area contributed by atoms with Crippen LogP contribution in [0.25, 0.3) is 0 Å². The fourth-order valence-corrected chi connectivity index (χ4v) is 2.15. The molecule has 108 valence electrons. The molecule has 1 aromatic carbocycles. The van der Waals surface area contributed by atoms with Crippen molar-refractivity contribution in [2.24, 2.45) is 0 Å². The number of aryl methyl sites for hydroxylation is 2. The van der Waals surface area contributed by atoms with Gasteiger partial charge < -0.3 is 5.32 Å². The Morgan fingerprint density at radius 2 is 1.90 bits per heavy atom. The van der Waals surface area contributed by atoms with Crippen molar-refractivity contribution in [3.8, 4) is 6.07 Å². The second-order valence-electron chi connectivity index (χ2n) is 5.82. The molecule has 0 saturated carbocycles. The average molecular weight is 280 g/mol. The Hall–Kier alpha value is -2.41. The van der Waals surface area contributed by atoms with Crippen LogP contribution in [-0.4, -0.2) is 15.5 Å². The summed E-state index contributed by atoms with van der Waals surface area (Å²) in [6.45, 7) is 6.10. The van der Waals surface area contributed by atoms with Gasteiger partial charge in [-0.3, -0.25) is 0 Å². The first-order valence-electron chi connectivity index (χ1n) is 7.06. The van der Waals surface area contributed by atoms with E-state index in [1.54, 1.807) is 6.07 Å². The van der Waals surface area contributed by atoms with Crippen molar-refractivity contribution < 1.29 is 0 Å². The zero-order valence-electron chi connectivity index (χ0n) is 12.7. The number of anilines is 1. The number of nitrogens with one attached hydrogen (secondary N) is 1. The highest BCUT2D eigenvalue weighted by Crippen LogP contribution is 2.18. The molecule has 1 heterocycles. The van der Waals surface area contributed by atoms with Crippen LogP contribution in [0.1, 0.15) is 37.2 Å². The maximum absolute atomic E-state index is 8.97. The lowest BCUT2D eigenvalue weighted by molar-refractivity contribution is 0.514. The smallest absolute Gasteiger partial charge is 0.224 e. The van der Waals surface area contributed by atoms with E-state index in [2.05, 4.69) is 59.5 Å². The number of rotatable bonds is 5. The third-order valence-electron chi connectivity index (χ3n) is 3.30. The van der Waals surface area contributed by atoms with Gasteiger partial charge in [0, 0.05) is 11.2 Å². The summed E-state index contributed by atoms with van der Waals surface area (Å²) in [5.74, 6) is 0.518. The summed E-state index contributed by atoms with van der Waals surface area (Å²) < 4.78 is 0. The summed E-state index contributed by atoms with van der Waals surface area (Å²) >= 11 is 0. The van der Waals surface area contributed by atoms with Crippen LogP contribution in [0.2, 0.25) is 0 Å². The number of aromatic nitrogens is 2. The molecule has 0 atom stereocenters. The number of hydrogen-bond donors (Lipinski definition) is 1. The predicted molar refractivity (Wildman–Crippen MR) is 83.9 cm³/mol. The van der Waals surface area contributed by atoms with Crippen LogP contribution in [-0.2, 0) is 6.42 Å². The molecule has 2 aromatic rings. The van der Waals surface area contributed by atoms with Gasteiger partial charge in [0.15, 0.2) is 0 Å². The Morgan fingerprint density at radius 1 is 1.19 bits per heavy atom. The van der Waals surface area contributed by atoms with Crippen LogP contribution in [0.3, 0.4) is 0 Å². The van der Waals surface area contributed by atoms with E-state index in [1.165, 1.54) is 5.56 Å². The molecule has 1 N–H and O–H groups in total. The van der Waals surface area contributed by atoms with Gasteiger partial charge in [0.1, 0.15) is 11.8 Å². The molecule has 4 heteroatoms. The highest BCUT2D eigenvalue weighted by atomic mass is 15.1. The van der Waals surface area contributed by atoms with Crippen molar-refractivity contribution in [3.05, 3.63) is 53.3 Å². The van der Waals surface area contributed by atoms with E-state index in [4.69, 9.17) is 5.26 Å². The average Bonchev–Trinajstić information content (AvgIpc) is 2.45. The maximum Gasteiger partial charge on any atom is 0.224 e. The fourth-order valence-electron chi connectivity index (χ4n) is 2.15. The van der Waals surface area contributed by atoms with Crippen LogP contribution in [0, 0.1) is 18.3 Å². The van der Waals surface area contributed by atoms with Gasteiger partial charge in [0.2, 0.25) is 5.95 Å². The van der Waals surface area contributed by atoms with Crippen LogP contribution in [0.15, 0.2) is 36.4 Å². The Bertz CT molecular complexity index is 642. The zero-order valence-corrected chi connectivity index (χ0v) is 12.7. The van der Waals surface area contributed by atoms with Crippen molar-refractivity contribution in [2.45, 2.75) is 39.2 Å². The molecule has 0 aliphatic carbocycles. The van der Waals surface area contributed by atoms with E-state index in [0.717, 1.165) is 18.5 Å². The van der Waals surface area contributed by atoms with E-state index in [0.29, 0.717) is 11.6 Å². The van der Waals surface area contributed by atoms with Gasteiger partial charge in [-0.25, -0.2) is 9.97 Å². The van der Waals surface area contributed by atoms with Crippen molar-refractivity contribution in [2.75, 3.05) is 5.32 Å². The van der Waals surface area contributed by atoms with E-state index in [-0.39, 0.29) is 5.54 Å². The molecule has 0 spiro atoms. The lowest BCUT2D eigenvalue weighted by Gasteiger charge is -2.26. The van der Waals surface area contributed by atoms with Crippen LogP contribution in [0.5, 0.6) is 0 Å². The van der Waals surface area contributed by atoms with E-state index in [1.807, 2.05) is 13.0 Å². The minimum absolute atomic E-state index is 0.142. The van der Waals surface area contributed by atoms with Gasteiger partial charge >= 0.3 is 0 Å². The van der Waals surface area contributed by atoms with E-state index in [9.17, 15) is 0 Å². The molecular formula is C17H20N4. The molecule has 0 aliphatic rings. The third kappa shape index (κ3) is 4.57. The number of benzene rings is 1. The second-order valence-corrected chi connectivity index (χ2v) is 5.82. The molecule has 0 unspecified atom stereocenters. The van der Waals surface area contributed by atoms with Crippen molar-refractivity contribution >= 4 is 5.95 Å². The van der Waals surface area contributed by atoms with Gasteiger partial charge in [0.05, 0.1) is 0 Å². The maximum atomic E-state index is 8.97. The molecule has 0 bridgehead atoms. The topological polar surface area (TPSA) is 61.6 Å². The third-order valence-corrected chi connectivity index (χ3v) is 3.30. The van der Waals surface area contributed by atoms with Crippen molar-refractivity contribution in [1.29, 1.82) is 5.26 Å². The summed E-state index contributed by atoms with van der Waals surface area (Å²) in [7, 11) is 0. The number of nitrogens with zero attached hydrogens (tertiary/aromatic N) is 3. The van der Waals surface area contributed by atoms with Crippen molar-refractivity contribution in [1.82, 2.24) is 9.97 Å². The van der Waals surface area contributed by atoms with Gasteiger partial charge in [0.25, 0.3) is 0 Å². The first-order valence-corrected chi connectivity index (χ1v) is 7.06. The second kappa shape index (κ2) is 6.36. The molecule has 0 aliphatic heterocycles. The minimum Gasteiger partial charge on any atom is -0.349 e. The lowest BCUT2D eigenvalue weighted by Crippen LogP contribution is -2.32. The highest BCUT2D eigenvalue weighted by molar-refractivity contribution is 5.35. The SMILES string of the molecule is Cc1cc(C#N)nc(NC(C)(C)CCc2ccccc2)n1. The van der Waals surface area contributed by atoms with Gasteiger partial charge in [-0.2, -0.15) is 5.26 Å². The first kappa shape index (κ1) is 15.0. The van der Waals surface area contributed by atoms with E-state index >= 15 is 0 Å². The minimum atomic E-state index is -0.142. The van der Waals surface area contributed by atoms with Gasteiger partial charge in [-0.1, -0.05) is 30.3 Å². The Labute approximate surface area is 125 Å². The standard InChI is InChI=1S/C17H20N4/c1-13-11-15(12-18)20-16(19-13)21-17(2,3)10-9-14-7-5-4-6-8-14/h4-8,11H,9-10H2,1-3H3,(H,19,20,21). The summed E-state index contributed by atoms with van der Waals surface area (Å²) in [5.41, 5.74) is 2.36. The molecule has 0 saturated heterocycles. The van der Waals surface area contributed by atoms with Crippen molar-refractivity contribution in [3.63, 3.8) is 0 Å². The zero-order chi connectivity index (χ0) is 15.3. The lowest BCUT2D eigenvalue weighted by atomic mass is 9.95. The molecule has 0 amide bonds. The summed E-state index contributed by atoms with van der Waals surface area (Å²) in [6.07, 6.45) is 1.94. The number of hydrogen-bond acceptors (Lipinski definition) is 4. The van der Waals surface area contributed by atoms with Crippen LogP contribution < -0.4 is 5.32 Å². The highest BCUT2D eigenvalue weighted by Gasteiger charge is 2.19. The normalized spacial score (nSPS) is 11.0. The number of nitriles is 1. The predicted octanol–water partition coefficient (Wildman–Crippen LogP) is 3.48. The molecule has 0 fully saturated rings. The quantitative estimate of drug-likeness (QED) is 0.910. The largest absolute Gasteiger partial charge is 0.349 e. The molecule has 2 rings (SSSR count). The Balaban J connectivity index is 2.03. The summed E-state index contributed by atoms with van der Waals surface area (Å²) in [6, 6.07) is 14.1. The monoisotopic (exact) mass is 280 g/mol. The van der Waals surface area contributed by atoms with E-state index < -0.39 is 0 Å². The molecule has 21 heavy (non-hydrogen) atoms. The van der Waals surface area contributed by atoms with Gasteiger partial charge in [-0.15, -0.1) is 0 Å². The Kier molecular flexibility index (Phi) is 4.54. The summed E-state index contributed by atoms with van der Waals surface area (Å²) in [4.78, 5) is 8.56. The summed E-state index contributed by atoms with van der Waals surface area (Å²) in [5, 5.41) is 12.3. The first-order chi connectivity index (χ1) is 9.98. The van der Waals surface area contributed by atoms with Crippen LogP contribution >= 0.6 is 0 Å². The van der Waals surface area contributed by atoms with Gasteiger partial charge in [-0.05, 0) is 45.2 Å². The molecule has 1 aromatic heterocycles. The molecular weight excluding hydrogens is 260 g/mol. The molecule has 0 radical (unpaired) electrons. The fraction of sp³-hybridized carbons (Fsp3) is 0.353.